The molecule has 2 amide bonds. The molecule has 3 aromatic rings. The predicted octanol–water partition coefficient (Wildman–Crippen LogP) is 3.10. The average molecular weight is 419 g/mol. The van der Waals surface area contributed by atoms with Gasteiger partial charge in [-0.2, -0.15) is 0 Å². The van der Waals surface area contributed by atoms with Crippen LogP contribution in [0.5, 0.6) is 0 Å². The van der Waals surface area contributed by atoms with Crippen LogP contribution in [0, 0.1) is 0 Å². The number of anilines is 1. The minimum Gasteiger partial charge on any atom is -0.360 e. The number of carbonyl (C=O) groups is 2. The fourth-order valence-corrected chi connectivity index (χ4v) is 4.11. The van der Waals surface area contributed by atoms with Crippen LogP contribution in [-0.2, 0) is 11.3 Å². The number of aromatic nitrogens is 1. The lowest BCUT2D eigenvalue weighted by molar-refractivity contribution is -0.120. The Morgan fingerprint density at radius 3 is 2.63 bits per heavy atom. The molecule has 1 fully saturated rings. The number of hydrogen-bond donors (Lipinski definition) is 2. The van der Waals surface area contributed by atoms with E-state index in [0.29, 0.717) is 30.2 Å². The van der Waals surface area contributed by atoms with Gasteiger partial charge in [-0.3, -0.25) is 9.59 Å². The van der Waals surface area contributed by atoms with Crippen LogP contribution in [0.1, 0.15) is 15.9 Å². The van der Waals surface area contributed by atoms with Gasteiger partial charge < -0.3 is 15.5 Å². The molecule has 1 aliphatic rings. The molecule has 7 heteroatoms. The van der Waals surface area contributed by atoms with Crippen LogP contribution in [0.2, 0.25) is 0 Å². The zero-order valence-electron chi connectivity index (χ0n) is 16.4. The maximum Gasteiger partial charge on any atom is 0.254 e. The first-order valence-corrected chi connectivity index (χ1v) is 10.6. The molecule has 6 nitrogen and oxygen atoms in total. The summed E-state index contributed by atoms with van der Waals surface area (Å²) in [4.78, 5) is 31.8. The van der Waals surface area contributed by atoms with E-state index in [4.69, 9.17) is 0 Å². The van der Waals surface area contributed by atoms with E-state index in [1.54, 1.807) is 18.3 Å². The third-order valence-corrected chi connectivity index (χ3v) is 5.79. The highest BCUT2D eigenvalue weighted by Crippen LogP contribution is 2.28. The number of amides is 2. The maximum absolute atomic E-state index is 12.8. The third kappa shape index (κ3) is 4.99. The molecule has 30 heavy (non-hydrogen) atoms. The van der Waals surface area contributed by atoms with Crippen LogP contribution < -0.4 is 15.5 Å². The molecule has 2 N–H and O–H groups in total. The molecular weight excluding hydrogens is 396 g/mol. The molecule has 0 spiro atoms. The summed E-state index contributed by atoms with van der Waals surface area (Å²) in [7, 11) is 0. The maximum atomic E-state index is 12.8. The Labute approximate surface area is 179 Å². The summed E-state index contributed by atoms with van der Waals surface area (Å²) < 4.78 is 0. The number of benzene rings is 2. The summed E-state index contributed by atoms with van der Waals surface area (Å²) >= 11 is 1.47. The SMILES string of the molecule is O=C1CN(c2ccc(CNC(=O)c3cccnc3Sc3ccccc3)cc2)CCN1. The molecule has 0 unspecified atom stereocenters. The van der Waals surface area contributed by atoms with Gasteiger partial charge in [0.25, 0.3) is 5.91 Å². The first-order valence-electron chi connectivity index (χ1n) is 9.76. The first kappa shape index (κ1) is 20.0. The van der Waals surface area contributed by atoms with Gasteiger partial charge in [0.15, 0.2) is 0 Å². The van der Waals surface area contributed by atoms with E-state index in [0.717, 1.165) is 22.7 Å². The molecule has 1 saturated heterocycles. The Morgan fingerprint density at radius 1 is 1.07 bits per heavy atom. The van der Waals surface area contributed by atoms with Gasteiger partial charge >= 0.3 is 0 Å². The predicted molar refractivity (Wildman–Crippen MR) is 118 cm³/mol. The van der Waals surface area contributed by atoms with Gasteiger partial charge in [-0.25, -0.2) is 4.98 Å². The van der Waals surface area contributed by atoms with Crippen molar-refractivity contribution in [2.24, 2.45) is 0 Å². The van der Waals surface area contributed by atoms with E-state index in [2.05, 4.69) is 15.6 Å². The van der Waals surface area contributed by atoms with Crippen LogP contribution in [0.3, 0.4) is 0 Å². The number of pyridine rings is 1. The number of piperazine rings is 1. The Morgan fingerprint density at radius 2 is 1.87 bits per heavy atom. The van der Waals surface area contributed by atoms with Crippen molar-refractivity contribution in [3.05, 3.63) is 84.1 Å². The van der Waals surface area contributed by atoms with E-state index in [1.165, 1.54) is 11.8 Å². The summed E-state index contributed by atoms with van der Waals surface area (Å²) in [6.45, 7) is 2.25. The summed E-state index contributed by atoms with van der Waals surface area (Å²) in [5.74, 6) is -0.114. The second-order valence-corrected chi connectivity index (χ2v) is 7.95. The molecule has 0 saturated carbocycles. The Bertz CT molecular complexity index is 1020. The molecule has 0 bridgehead atoms. The van der Waals surface area contributed by atoms with Gasteiger partial charge in [0.2, 0.25) is 5.91 Å². The minimum absolute atomic E-state index is 0.0400. The van der Waals surface area contributed by atoms with Gasteiger partial charge in [-0.1, -0.05) is 42.1 Å². The van der Waals surface area contributed by atoms with Crippen LogP contribution in [0.4, 0.5) is 5.69 Å². The molecule has 1 aromatic heterocycles. The number of hydrogen-bond acceptors (Lipinski definition) is 5. The van der Waals surface area contributed by atoms with E-state index in [-0.39, 0.29) is 11.8 Å². The largest absolute Gasteiger partial charge is 0.360 e. The first-order chi connectivity index (χ1) is 14.7. The Kier molecular flexibility index (Phi) is 6.29. The summed E-state index contributed by atoms with van der Waals surface area (Å²) in [5.41, 5.74) is 2.56. The number of nitrogens with zero attached hydrogens (tertiary/aromatic N) is 2. The van der Waals surface area contributed by atoms with Crippen LogP contribution in [0.25, 0.3) is 0 Å². The molecule has 2 aromatic carbocycles. The van der Waals surface area contributed by atoms with E-state index < -0.39 is 0 Å². The average Bonchev–Trinajstić information content (AvgIpc) is 2.79. The molecule has 152 valence electrons. The lowest BCUT2D eigenvalue weighted by Crippen LogP contribution is -2.47. The van der Waals surface area contributed by atoms with Crippen molar-refractivity contribution in [2.45, 2.75) is 16.5 Å². The monoisotopic (exact) mass is 418 g/mol. The van der Waals surface area contributed by atoms with Crippen molar-refractivity contribution < 1.29 is 9.59 Å². The van der Waals surface area contributed by atoms with Crippen molar-refractivity contribution in [3.63, 3.8) is 0 Å². The lowest BCUT2D eigenvalue weighted by atomic mass is 10.1. The summed E-state index contributed by atoms with van der Waals surface area (Å²) in [6, 6.07) is 21.4. The standard InChI is InChI=1S/C23H22N4O2S/c28-21-16-27(14-13-24-21)18-10-8-17(9-11-18)15-26-22(29)20-7-4-12-25-23(20)30-19-5-2-1-3-6-19/h1-12H,13-16H2,(H,24,28)(H,26,29). The van der Waals surface area contributed by atoms with Gasteiger partial charge in [-0.15, -0.1) is 0 Å². The van der Waals surface area contributed by atoms with Crippen molar-refractivity contribution >= 4 is 29.3 Å². The smallest absolute Gasteiger partial charge is 0.254 e. The van der Waals surface area contributed by atoms with Crippen molar-refractivity contribution in [1.29, 1.82) is 0 Å². The lowest BCUT2D eigenvalue weighted by Gasteiger charge is -2.28. The van der Waals surface area contributed by atoms with Gasteiger partial charge in [0.05, 0.1) is 12.1 Å². The zero-order chi connectivity index (χ0) is 20.8. The normalized spacial score (nSPS) is 13.6. The summed E-state index contributed by atoms with van der Waals surface area (Å²) in [6.07, 6.45) is 1.70. The minimum atomic E-state index is -0.154. The number of nitrogens with one attached hydrogen (secondary N) is 2. The third-order valence-electron chi connectivity index (χ3n) is 4.77. The van der Waals surface area contributed by atoms with Crippen LogP contribution in [-0.4, -0.2) is 36.4 Å². The number of carbonyl (C=O) groups excluding carboxylic acids is 2. The molecule has 2 heterocycles. The van der Waals surface area contributed by atoms with Crippen LogP contribution >= 0.6 is 11.8 Å². The fourth-order valence-electron chi connectivity index (χ4n) is 3.21. The fraction of sp³-hybridized carbons (Fsp3) is 0.174. The van der Waals surface area contributed by atoms with Crippen LogP contribution in [0.15, 0.2) is 82.8 Å². The molecule has 4 rings (SSSR count). The second-order valence-electron chi connectivity index (χ2n) is 6.89. The Balaban J connectivity index is 1.38. The quantitative estimate of drug-likeness (QED) is 0.644. The number of rotatable bonds is 6. The van der Waals surface area contributed by atoms with Gasteiger partial charge in [0, 0.05) is 36.4 Å². The van der Waals surface area contributed by atoms with Gasteiger partial charge in [0.1, 0.15) is 5.03 Å². The molecule has 1 aliphatic heterocycles. The van der Waals surface area contributed by atoms with Gasteiger partial charge in [-0.05, 0) is 42.0 Å². The van der Waals surface area contributed by atoms with E-state index in [9.17, 15) is 9.59 Å². The second kappa shape index (κ2) is 9.45. The molecule has 0 atom stereocenters. The topological polar surface area (TPSA) is 74.3 Å². The molecule has 0 aliphatic carbocycles. The van der Waals surface area contributed by atoms with Crippen molar-refractivity contribution in [1.82, 2.24) is 15.6 Å². The van der Waals surface area contributed by atoms with E-state index >= 15 is 0 Å². The molecular formula is C23H22N4O2S. The van der Waals surface area contributed by atoms with Crippen molar-refractivity contribution in [3.8, 4) is 0 Å². The van der Waals surface area contributed by atoms with E-state index in [1.807, 2.05) is 59.5 Å². The molecule has 0 radical (unpaired) electrons. The Hall–Kier alpha value is -3.32. The zero-order valence-corrected chi connectivity index (χ0v) is 17.2. The highest BCUT2D eigenvalue weighted by molar-refractivity contribution is 7.99. The highest BCUT2D eigenvalue weighted by atomic mass is 32.2. The highest BCUT2D eigenvalue weighted by Gasteiger charge is 2.16. The summed E-state index contributed by atoms with van der Waals surface area (Å²) in [5, 5.41) is 6.48. The van der Waals surface area contributed by atoms with Crippen molar-refractivity contribution in [2.75, 3.05) is 24.5 Å².